The van der Waals surface area contributed by atoms with E-state index < -0.39 is 13.9 Å². The Bertz CT molecular complexity index is 867. The Balaban J connectivity index is 1.88. The fraction of sp³-hybridized carbons (Fsp3) is 0.519. The maximum absolute atomic E-state index is 12.8. The fourth-order valence-corrected chi connectivity index (χ4v) is 9.21. The lowest BCUT2D eigenvalue weighted by Gasteiger charge is -2.45. The van der Waals surface area contributed by atoms with Crippen molar-refractivity contribution in [1.29, 1.82) is 0 Å². The van der Waals surface area contributed by atoms with Crippen LogP contribution in [-0.4, -0.2) is 56.7 Å². The Hall–Kier alpha value is -2.15. The van der Waals surface area contributed by atoms with E-state index in [9.17, 15) is 4.79 Å². The van der Waals surface area contributed by atoms with E-state index in [1.54, 1.807) is 0 Å². The first kappa shape index (κ1) is 25.5. The van der Waals surface area contributed by atoms with Crippen molar-refractivity contribution in [3.05, 3.63) is 60.7 Å². The molecule has 0 bridgehead atoms. The largest absolute Gasteiger partial charge is 0.444 e. The number of carbonyl (C=O) groups excluding carboxylic acids is 1. The average Bonchev–Trinajstić information content (AvgIpc) is 2.74. The van der Waals surface area contributed by atoms with E-state index >= 15 is 0 Å². The molecule has 1 aliphatic heterocycles. The van der Waals surface area contributed by atoms with Crippen LogP contribution in [0.15, 0.2) is 60.7 Å². The van der Waals surface area contributed by atoms with Crippen LogP contribution in [0.4, 0.5) is 4.79 Å². The number of ether oxygens (including phenoxy) is 1. The lowest BCUT2D eigenvalue weighted by atomic mass is 10.1. The van der Waals surface area contributed by atoms with Crippen LogP contribution in [0, 0.1) is 0 Å². The summed E-state index contributed by atoms with van der Waals surface area (Å²) in [4.78, 5) is 14.7. The third-order valence-electron chi connectivity index (χ3n) is 6.20. The highest BCUT2D eigenvalue weighted by molar-refractivity contribution is 6.99. The minimum atomic E-state index is -2.61. The zero-order chi connectivity index (χ0) is 24.3. The predicted octanol–water partition coefficient (Wildman–Crippen LogP) is 4.16. The van der Waals surface area contributed by atoms with Gasteiger partial charge in [0.15, 0.2) is 0 Å². The van der Waals surface area contributed by atoms with E-state index in [0.29, 0.717) is 19.7 Å². The summed E-state index contributed by atoms with van der Waals surface area (Å²) < 4.78 is 12.7. The van der Waals surface area contributed by atoms with Gasteiger partial charge >= 0.3 is 6.09 Å². The van der Waals surface area contributed by atoms with Gasteiger partial charge in [-0.25, -0.2) is 4.79 Å². The quantitative estimate of drug-likeness (QED) is 0.670. The number of hydrogen-bond donors (Lipinski definition) is 1. The van der Waals surface area contributed by atoms with E-state index in [1.165, 1.54) is 10.4 Å². The number of nitrogens with one attached hydrogen (secondary N) is 1. The van der Waals surface area contributed by atoms with Crippen LogP contribution in [0.3, 0.4) is 0 Å². The van der Waals surface area contributed by atoms with Crippen LogP contribution < -0.4 is 15.7 Å². The first-order valence-electron chi connectivity index (χ1n) is 11.9. The molecule has 0 aliphatic carbocycles. The molecule has 2 aromatic carbocycles. The molecular weight excluding hydrogens is 428 g/mol. The highest BCUT2D eigenvalue weighted by Crippen LogP contribution is 2.36. The Morgan fingerprint density at radius 2 is 1.48 bits per heavy atom. The normalized spacial score (nSPS) is 19.9. The highest BCUT2D eigenvalue weighted by atomic mass is 28.4. The van der Waals surface area contributed by atoms with E-state index in [4.69, 9.17) is 9.16 Å². The number of carbonyl (C=O) groups is 1. The summed E-state index contributed by atoms with van der Waals surface area (Å²) in [6, 6.07) is 21.4. The van der Waals surface area contributed by atoms with Gasteiger partial charge in [-0.2, -0.15) is 0 Å². The van der Waals surface area contributed by atoms with Crippen molar-refractivity contribution in [3.8, 4) is 0 Å². The minimum absolute atomic E-state index is 0.0374. The molecule has 0 saturated carbocycles. The second kappa shape index (κ2) is 10.00. The molecule has 2 aromatic rings. The number of nitrogens with zero attached hydrogens (tertiary/aromatic N) is 1. The topological polar surface area (TPSA) is 50.8 Å². The van der Waals surface area contributed by atoms with Crippen LogP contribution in [-0.2, 0) is 9.16 Å². The fourth-order valence-electron chi connectivity index (χ4n) is 4.60. The zero-order valence-electron chi connectivity index (χ0n) is 21.2. The van der Waals surface area contributed by atoms with Gasteiger partial charge in [-0.1, -0.05) is 81.4 Å². The SMILES string of the molecule is C[C@@H]1CN[C@H](CO[Si](c2ccccc2)(c2ccccc2)C(C)(C)C)CN1C(=O)OC(C)(C)C. The summed E-state index contributed by atoms with van der Waals surface area (Å²) in [5, 5.41) is 6.03. The smallest absolute Gasteiger partial charge is 0.410 e. The van der Waals surface area contributed by atoms with Crippen LogP contribution in [0.5, 0.6) is 0 Å². The van der Waals surface area contributed by atoms with Gasteiger partial charge in [-0.15, -0.1) is 0 Å². The lowest BCUT2D eigenvalue weighted by Crippen LogP contribution is -2.68. The van der Waals surface area contributed by atoms with Gasteiger partial charge in [-0.05, 0) is 43.1 Å². The molecule has 1 N–H and O–H groups in total. The van der Waals surface area contributed by atoms with Crippen LogP contribution in [0.25, 0.3) is 0 Å². The Labute approximate surface area is 200 Å². The number of benzene rings is 2. The first-order valence-corrected chi connectivity index (χ1v) is 13.8. The molecule has 1 aliphatic rings. The molecule has 3 rings (SSSR count). The molecule has 2 atom stereocenters. The monoisotopic (exact) mass is 468 g/mol. The molecule has 1 amide bonds. The summed E-state index contributed by atoms with van der Waals surface area (Å²) >= 11 is 0. The predicted molar refractivity (Wildman–Crippen MR) is 138 cm³/mol. The van der Waals surface area contributed by atoms with Gasteiger partial charge in [0.25, 0.3) is 8.32 Å². The van der Waals surface area contributed by atoms with Crippen molar-refractivity contribution in [3.63, 3.8) is 0 Å². The number of piperazine rings is 1. The van der Waals surface area contributed by atoms with Gasteiger partial charge in [0.05, 0.1) is 6.61 Å². The van der Waals surface area contributed by atoms with Crippen molar-refractivity contribution in [2.24, 2.45) is 0 Å². The molecule has 33 heavy (non-hydrogen) atoms. The second-order valence-corrected chi connectivity index (χ2v) is 15.4. The summed E-state index contributed by atoms with van der Waals surface area (Å²) in [5.74, 6) is 0. The zero-order valence-corrected chi connectivity index (χ0v) is 22.2. The van der Waals surface area contributed by atoms with Gasteiger partial charge in [-0.3, -0.25) is 0 Å². The molecule has 1 fully saturated rings. The second-order valence-electron chi connectivity index (χ2n) is 11.1. The van der Waals surface area contributed by atoms with Crippen LogP contribution >= 0.6 is 0 Å². The third-order valence-corrected chi connectivity index (χ3v) is 11.2. The molecule has 0 aromatic heterocycles. The van der Waals surface area contributed by atoms with Crippen molar-refractivity contribution in [2.75, 3.05) is 19.7 Å². The molecule has 1 heterocycles. The van der Waals surface area contributed by atoms with Gasteiger partial charge in [0.1, 0.15) is 5.60 Å². The van der Waals surface area contributed by atoms with E-state index in [-0.39, 0.29) is 23.2 Å². The number of amides is 1. The number of rotatable bonds is 5. The van der Waals surface area contributed by atoms with Crippen molar-refractivity contribution >= 4 is 24.8 Å². The van der Waals surface area contributed by atoms with Gasteiger partial charge in [0, 0.05) is 25.2 Å². The van der Waals surface area contributed by atoms with Gasteiger partial charge < -0.3 is 19.4 Å². The Morgan fingerprint density at radius 3 is 1.94 bits per heavy atom. The van der Waals surface area contributed by atoms with Crippen LogP contribution in [0.1, 0.15) is 48.5 Å². The van der Waals surface area contributed by atoms with Crippen molar-refractivity contribution in [1.82, 2.24) is 10.2 Å². The Morgan fingerprint density at radius 1 is 0.970 bits per heavy atom. The van der Waals surface area contributed by atoms with E-state index in [0.717, 1.165) is 0 Å². The summed E-state index contributed by atoms with van der Waals surface area (Å²) in [5.41, 5.74) is -0.511. The minimum Gasteiger partial charge on any atom is -0.444 e. The lowest BCUT2D eigenvalue weighted by molar-refractivity contribution is 0.00724. The maximum Gasteiger partial charge on any atom is 0.410 e. The maximum atomic E-state index is 12.8. The van der Waals surface area contributed by atoms with Crippen molar-refractivity contribution < 1.29 is 14.0 Å². The molecule has 6 heteroatoms. The molecule has 5 nitrogen and oxygen atoms in total. The molecule has 1 saturated heterocycles. The summed E-state index contributed by atoms with van der Waals surface area (Å²) in [7, 11) is -2.61. The standard InChI is InChI=1S/C27H40N2O3Si/c1-21-18-28-22(19-29(21)25(30)32-26(2,3)4)20-31-33(27(5,6)7,23-14-10-8-11-15-23)24-16-12-9-13-17-24/h8-17,21-22,28H,18-20H2,1-7H3/t21-,22+/m1/s1. The summed E-state index contributed by atoms with van der Waals surface area (Å²) in [6.45, 7) is 16.4. The van der Waals surface area contributed by atoms with Gasteiger partial charge in [0.2, 0.25) is 0 Å². The average molecular weight is 469 g/mol. The first-order chi connectivity index (χ1) is 15.4. The Kier molecular flexibility index (Phi) is 7.71. The molecular formula is C27H40N2O3Si. The number of hydrogen-bond acceptors (Lipinski definition) is 4. The van der Waals surface area contributed by atoms with E-state index in [1.807, 2.05) is 25.7 Å². The van der Waals surface area contributed by atoms with E-state index in [2.05, 4.69) is 93.7 Å². The molecule has 0 spiro atoms. The summed E-state index contributed by atoms with van der Waals surface area (Å²) in [6.07, 6.45) is -0.257. The van der Waals surface area contributed by atoms with Crippen LogP contribution in [0.2, 0.25) is 5.04 Å². The third kappa shape index (κ3) is 5.86. The molecule has 180 valence electrons. The molecule has 0 radical (unpaired) electrons. The van der Waals surface area contributed by atoms with Crippen molar-refractivity contribution in [2.45, 2.75) is 71.2 Å². The molecule has 0 unspecified atom stereocenters. The highest BCUT2D eigenvalue weighted by Gasteiger charge is 2.50.